The largest absolute Gasteiger partial charge is 0.323 e. The number of hydrogen-bond donors (Lipinski definition) is 1. The van der Waals surface area contributed by atoms with E-state index in [4.69, 9.17) is 11.6 Å². The molecule has 0 aliphatic rings. The summed E-state index contributed by atoms with van der Waals surface area (Å²) in [6.07, 6.45) is 1.68. The van der Waals surface area contributed by atoms with Crippen molar-refractivity contribution in [1.29, 1.82) is 0 Å². The Morgan fingerprint density at radius 2 is 2.11 bits per heavy atom. The molecule has 3 nitrogen and oxygen atoms in total. The number of fused-ring (bicyclic) bond motifs is 1. The van der Waals surface area contributed by atoms with Gasteiger partial charge in [-0.2, -0.15) is 0 Å². The zero-order valence-electron chi connectivity index (χ0n) is 10.7. The van der Waals surface area contributed by atoms with Crippen molar-refractivity contribution >= 4 is 50.0 Å². The Morgan fingerprint density at radius 1 is 1.37 bits per heavy atom. The zero-order chi connectivity index (χ0) is 14.0. The molecular formula is C14H14BrClN2O. The summed E-state index contributed by atoms with van der Waals surface area (Å²) in [5.74, 6) is 0.135. The third kappa shape index (κ3) is 3.07. The molecule has 0 spiro atoms. The molecule has 0 fully saturated rings. The Kier molecular flexibility index (Phi) is 4.42. The van der Waals surface area contributed by atoms with Gasteiger partial charge in [0.2, 0.25) is 5.91 Å². The highest BCUT2D eigenvalue weighted by atomic mass is 79.9. The molecule has 1 atom stereocenters. The van der Waals surface area contributed by atoms with Gasteiger partial charge in [-0.3, -0.25) is 9.78 Å². The van der Waals surface area contributed by atoms with Crippen molar-refractivity contribution in [3.05, 3.63) is 35.5 Å². The van der Waals surface area contributed by atoms with E-state index in [2.05, 4.69) is 26.2 Å². The number of benzene rings is 1. The quantitative estimate of drug-likeness (QED) is 0.848. The van der Waals surface area contributed by atoms with E-state index in [9.17, 15) is 4.79 Å². The van der Waals surface area contributed by atoms with Crippen LogP contribution in [-0.2, 0) is 4.79 Å². The number of aromatic nitrogens is 1. The predicted molar refractivity (Wildman–Crippen MR) is 82.9 cm³/mol. The second-order valence-corrected chi connectivity index (χ2v) is 6.02. The number of hydrogen-bond acceptors (Lipinski definition) is 2. The van der Waals surface area contributed by atoms with Crippen LogP contribution in [0.2, 0.25) is 5.02 Å². The SMILES string of the molecule is CC(C)C(Br)C(=O)Nc1ccc(Cl)c2cccnc12. The molecule has 2 aromatic rings. The average molecular weight is 342 g/mol. The fourth-order valence-corrected chi connectivity index (χ4v) is 2.07. The summed E-state index contributed by atoms with van der Waals surface area (Å²) < 4.78 is 0. The Labute approximate surface area is 125 Å². The Balaban J connectivity index is 2.36. The Bertz CT molecular complexity index is 615. The predicted octanol–water partition coefficient (Wildman–Crippen LogP) is 4.25. The van der Waals surface area contributed by atoms with E-state index in [1.54, 1.807) is 18.3 Å². The van der Waals surface area contributed by atoms with Crippen LogP contribution in [0.15, 0.2) is 30.5 Å². The zero-order valence-corrected chi connectivity index (χ0v) is 13.0. The molecule has 1 unspecified atom stereocenters. The summed E-state index contributed by atoms with van der Waals surface area (Å²) in [5, 5.41) is 4.34. The van der Waals surface area contributed by atoms with Gasteiger partial charge in [0, 0.05) is 11.6 Å². The van der Waals surface area contributed by atoms with Crippen LogP contribution >= 0.6 is 27.5 Å². The number of carbonyl (C=O) groups excluding carboxylic acids is 1. The molecule has 1 heterocycles. The van der Waals surface area contributed by atoms with Gasteiger partial charge in [-0.25, -0.2) is 0 Å². The highest BCUT2D eigenvalue weighted by Crippen LogP contribution is 2.28. The number of nitrogens with zero attached hydrogens (tertiary/aromatic N) is 1. The van der Waals surface area contributed by atoms with E-state index in [-0.39, 0.29) is 16.7 Å². The summed E-state index contributed by atoms with van der Waals surface area (Å²) in [5.41, 5.74) is 1.38. The maximum atomic E-state index is 12.1. The highest BCUT2D eigenvalue weighted by molar-refractivity contribution is 9.10. The van der Waals surface area contributed by atoms with Crippen LogP contribution in [0, 0.1) is 5.92 Å². The van der Waals surface area contributed by atoms with Crippen LogP contribution in [0.3, 0.4) is 0 Å². The van der Waals surface area contributed by atoms with Gasteiger partial charge in [0.15, 0.2) is 0 Å². The van der Waals surface area contributed by atoms with Crippen LogP contribution < -0.4 is 5.32 Å². The molecule has 0 aliphatic heterocycles. The van der Waals surface area contributed by atoms with Crippen LogP contribution in [-0.4, -0.2) is 15.7 Å². The van der Waals surface area contributed by atoms with Gasteiger partial charge >= 0.3 is 0 Å². The number of alkyl halides is 1. The van der Waals surface area contributed by atoms with Crippen molar-refractivity contribution in [2.45, 2.75) is 18.7 Å². The first-order valence-corrected chi connectivity index (χ1v) is 7.28. The van der Waals surface area contributed by atoms with Gasteiger partial charge in [0.25, 0.3) is 0 Å². The molecular weight excluding hydrogens is 328 g/mol. The van der Waals surface area contributed by atoms with Crippen molar-refractivity contribution in [3.63, 3.8) is 0 Å². The van der Waals surface area contributed by atoms with Gasteiger partial charge in [0.1, 0.15) is 0 Å². The smallest absolute Gasteiger partial charge is 0.238 e. The summed E-state index contributed by atoms with van der Waals surface area (Å²) in [6.45, 7) is 3.97. The van der Waals surface area contributed by atoms with Gasteiger partial charge in [-0.15, -0.1) is 0 Å². The van der Waals surface area contributed by atoms with Gasteiger partial charge in [-0.1, -0.05) is 41.4 Å². The third-order valence-corrected chi connectivity index (χ3v) is 4.61. The number of rotatable bonds is 3. The minimum Gasteiger partial charge on any atom is -0.323 e. The molecule has 0 saturated carbocycles. The van der Waals surface area contributed by atoms with Crippen molar-refractivity contribution < 1.29 is 4.79 Å². The van der Waals surface area contributed by atoms with Crippen LogP contribution in [0.5, 0.6) is 0 Å². The number of pyridine rings is 1. The topological polar surface area (TPSA) is 42.0 Å². The maximum absolute atomic E-state index is 12.1. The van der Waals surface area contributed by atoms with Crippen molar-refractivity contribution in [2.24, 2.45) is 5.92 Å². The minimum absolute atomic E-state index is 0.0794. The third-order valence-electron chi connectivity index (χ3n) is 2.81. The monoisotopic (exact) mass is 340 g/mol. The molecule has 100 valence electrons. The Hall–Kier alpha value is -1.13. The van der Waals surface area contributed by atoms with Crippen molar-refractivity contribution in [2.75, 3.05) is 5.32 Å². The molecule has 19 heavy (non-hydrogen) atoms. The Morgan fingerprint density at radius 3 is 2.79 bits per heavy atom. The van der Waals surface area contributed by atoms with Gasteiger partial charge in [0.05, 0.1) is 21.1 Å². The molecule has 1 aromatic heterocycles. The molecule has 1 amide bonds. The van der Waals surface area contributed by atoms with Gasteiger partial charge < -0.3 is 5.32 Å². The second kappa shape index (κ2) is 5.88. The summed E-state index contributed by atoms with van der Waals surface area (Å²) >= 11 is 9.50. The lowest BCUT2D eigenvalue weighted by Gasteiger charge is -2.15. The molecule has 0 radical (unpaired) electrons. The molecule has 0 aliphatic carbocycles. The lowest BCUT2D eigenvalue weighted by Crippen LogP contribution is -2.27. The number of nitrogens with one attached hydrogen (secondary N) is 1. The first-order valence-electron chi connectivity index (χ1n) is 5.99. The van der Waals surface area contributed by atoms with Crippen LogP contribution in [0.25, 0.3) is 10.9 Å². The lowest BCUT2D eigenvalue weighted by atomic mass is 10.1. The van der Waals surface area contributed by atoms with E-state index >= 15 is 0 Å². The van der Waals surface area contributed by atoms with E-state index in [0.29, 0.717) is 16.2 Å². The number of carbonyl (C=O) groups is 1. The van der Waals surface area contributed by atoms with Gasteiger partial charge in [-0.05, 0) is 30.2 Å². The fraction of sp³-hybridized carbons (Fsp3) is 0.286. The maximum Gasteiger partial charge on any atom is 0.238 e. The minimum atomic E-state index is -0.234. The van der Waals surface area contributed by atoms with E-state index < -0.39 is 0 Å². The van der Waals surface area contributed by atoms with Crippen LogP contribution in [0.4, 0.5) is 5.69 Å². The number of halogens is 2. The molecule has 5 heteroatoms. The summed E-state index contributed by atoms with van der Waals surface area (Å²) in [6, 6.07) is 7.24. The molecule has 0 saturated heterocycles. The number of anilines is 1. The normalized spacial score (nSPS) is 12.7. The van der Waals surface area contributed by atoms with E-state index in [0.717, 1.165) is 5.39 Å². The highest BCUT2D eigenvalue weighted by Gasteiger charge is 2.19. The molecule has 0 bridgehead atoms. The van der Waals surface area contributed by atoms with Crippen molar-refractivity contribution in [3.8, 4) is 0 Å². The van der Waals surface area contributed by atoms with Crippen LogP contribution in [0.1, 0.15) is 13.8 Å². The molecule has 1 N–H and O–H groups in total. The molecule has 1 aromatic carbocycles. The lowest BCUT2D eigenvalue weighted by molar-refractivity contribution is -0.116. The van der Waals surface area contributed by atoms with E-state index in [1.165, 1.54) is 0 Å². The van der Waals surface area contributed by atoms with Crippen molar-refractivity contribution in [1.82, 2.24) is 4.98 Å². The average Bonchev–Trinajstić information content (AvgIpc) is 2.41. The first kappa shape index (κ1) is 14.3. The molecule has 2 rings (SSSR count). The fourth-order valence-electron chi connectivity index (χ4n) is 1.74. The summed E-state index contributed by atoms with van der Waals surface area (Å²) in [4.78, 5) is 16.1. The second-order valence-electron chi connectivity index (χ2n) is 4.63. The van der Waals surface area contributed by atoms with E-state index in [1.807, 2.05) is 26.0 Å². The standard InChI is InChI=1S/C14H14BrClN2O/c1-8(2)12(15)14(19)18-11-6-5-10(16)9-4-3-7-17-13(9)11/h3-8,12H,1-2H3,(H,18,19). The number of amides is 1. The summed E-state index contributed by atoms with van der Waals surface area (Å²) in [7, 11) is 0. The first-order chi connectivity index (χ1) is 9.00.